The molecule has 0 spiro atoms. The predicted molar refractivity (Wildman–Crippen MR) is 63.2 cm³/mol. The first kappa shape index (κ1) is 15.3. The number of carbonyl (C=O) groups excluding carboxylic acids is 1. The zero-order chi connectivity index (χ0) is 12.6. The summed E-state index contributed by atoms with van der Waals surface area (Å²) in [7, 11) is 1.71. The van der Waals surface area contributed by atoms with Crippen molar-refractivity contribution in [3.8, 4) is 0 Å². The van der Waals surface area contributed by atoms with Crippen molar-refractivity contribution >= 4 is 5.91 Å². The van der Waals surface area contributed by atoms with E-state index >= 15 is 0 Å². The van der Waals surface area contributed by atoms with E-state index in [0.717, 1.165) is 6.42 Å². The van der Waals surface area contributed by atoms with Gasteiger partial charge in [-0.25, -0.2) is 0 Å². The SMILES string of the molecule is COC(C)(C)CC(C)NCCOCC(N)=O. The van der Waals surface area contributed by atoms with Crippen LogP contribution in [-0.4, -0.2) is 44.4 Å². The Morgan fingerprint density at radius 3 is 2.62 bits per heavy atom. The molecule has 0 aromatic heterocycles. The molecule has 1 unspecified atom stereocenters. The average molecular weight is 232 g/mol. The van der Waals surface area contributed by atoms with E-state index in [1.54, 1.807) is 7.11 Å². The summed E-state index contributed by atoms with van der Waals surface area (Å²) in [5.41, 5.74) is 4.81. The maximum Gasteiger partial charge on any atom is 0.243 e. The molecule has 0 radical (unpaired) electrons. The molecule has 16 heavy (non-hydrogen) atoms. The van der Waals surface area contributed by atoms with Crippen molar-refractivity contribution in [2.45, 2.75) is 38.8 Å². The number of nitrogens with one attached hydrogen (secondary N) is 1. The molecular formula is C11H24N2O3. The largest absolute Gasteiger partial charge is 0.379 e. The molecule has 1 atom stereocenters. The molecule has 5 heteroatoms. The van der Waals surface area contributed by atoms with Crippen LogP contribution >= 0.6 is 0 Å². The highest BCUT2D eigenvalue weighted by Crippen LogP contribution is 2.14. The molecule has 1 amide bonds. The highest BCUT2D eigenvalue weighted by Gasteiger charge is 2.19. The summed E-state index contributed by atoms with van der Waals surface area (Å²) >= 11 is 0. The Labute approximate surface area is 97.7 Å². The van der Waals surface area contributed by atoms with Gasteiger partial charge >= 0.3 is 0 Å². The van der Waals surface area contributed by atoms with Gasteiger partial charge in [-0.05, 0) is 27.2 Å². The number of methoxy groups -OCH3 is 1. The quantitative estimate of drug-likeness (QED) is 0.560. The third-order valence-corrected chi connectivity index (χ3v) is 2.33. The molecule has 0 aliphatic rings. The number of ether oxygens (including phenoxy) is 2. The summed E-state index contributed by atoms with van der Waals surface area (Å²) in [6, 6.07) is 0.340. The topological polar surface area (TPSA) is 73.6 Å². The lowest BCUT2D eigenvalue weighted by Crippen LogP contribution is -2.37. The fourth-order valence-corrected chi connectivity index (χ4v) is 1.44. The molecule has 0 aliphatic carbocycles. The van der Waals surface area contributed by atoms with Gasteiger partial charge in [-0.15, -0.1) is 0 Å². The zero-order valence-electron chi connectivity index (χ0n) is 10.7. The van der Waals surface area contributed by atoms with Crippen LogP contribution < -0.4 is 11.1 Å². The van der Waals surface area contributed by atoms with E-state index in [1.165, 1.54) is 0 Å². The Morgan fingerprint density at radius 2 is 2.12 bits per heavy atom. The molecule has 96 valence electrons. The minimum absolute atomic E-state index is 0.0143. The van der Waals surface area contributed by atoms with E-state index in [2.05, 4.69) is 26.1 Å². The van der Waals surface area contributed by atoms with E-state index in [4.69, 9.17) is 15.2 Å². The van der Waals surface area contributed by atoms with Gasteiger partial charge in [0.2, 0.25) is 5.91 Å². The first-order valence-electron chi connectivity index (χ1n) is 5.52. The van der Waals surface area contributed by atoms with Crippen LogP contribution in [0.15, 0.2) is 0 Å². The van der Waals surface area contributed by atoms with Crippen LogP contribution in [0.1, 0.15) is 27.2 Å². The summed E-state index contributed by atoms with van der Waals surface area (Å²) in [4.78, 5) is 10.4. The summed E-state index contributed by atoms with van der Waals surface area (Å²) < 4.78 is 10.4. The van der Waals surface area contributed by atoms with Gasteiger partial charge in [-0.3, -0.25) is 4.79 Å². The smallest absolute Gasteiger partial charge is 0.243 e. The van der Waals surface area contributed by atoms with Crippen molar-refractivity contribution in [1.29, 1.82) is 0 Å². The lowest BCUT2D eigenvalue weighted by molar-refractivity contribution is -0.122. The molecule has 0 saturated heterocycles. The van der Waals surface area contributed by atoms with Gasteiger partial charge in [0.25, 0.3) is 0 Å². The third kappa shape index (κ3) is 8.64. The van der Waals surface area contributed by atoms with Crippen LogP contribution in [0, 0.1) is 0 Å². The molecule has 0 heterocycles. The Morgan fingerprint density at radius 1 is 1.50 bits per heavy atom. The van der Waals surface area contributed by atoms with Crippen molar-refractivity contribution < 1.29 is 14.3 Å². The normalized spacial score (nSPS) is 13.8. The number of carbonyl (C=O) groups is 1. The van der Waals surface area contributed by atoms with Crippen LogP contribution in [0.5, 0.6) is 0 Å². The lowest BCUT2D eigenvalue weighted by Gasteiger charge is -2.27. The van der Waals surface area contributed by atoms with E-state index in [1.807, 2.05) is 0 Å². The molecule has 5 nitrogen and oxygen atoms in total. The van der Waals surface area contributed by atoms with Crippen LogP contribution in [-0.2, 0) is 14.3 Å². The van der Waals surface area contributed by atoms with Crippen LogP contribution in [0.3, 0.4) is 0 Å². The fourth-order valence-electron chi connectivity index (χ4n) is 1.44. The molecule has 0 rings (SSSR count). The Hall–Kier alpha value is -0.650. The van der Waals surface area contributed by atoms with Crippen molar-refractivity contribution in [1.82, 2.24) is 5.32 Å². The van der Waals surface area contributed by atoms with Gasteiger partial charge in [0, 0.05) is 19.7 Å². The summed E-state index contributed by atoms with van der Waals surface area (Å²) in [5, 5.41) is 3.29. The minimum atomic E-state index is -0.437. The molecule has 0 aromatic rings. The highest BCUT2D eigenvalue weighted by molar-refractivity contribution is 5.74. The van der Waals surface area contributed by atoms with Crippen molar-refractivity contribution in [2.75, 3.05) is 26.9 Å². The number of nitrogens with two attached hydrogens (primary N) is 1. The van der Waals surface area contributed by atoms with E-state index in [9.17, 15) is 4.79 Å². The van der Waals surface area contributed by atoms with Crippen LogP contribution in [0.2, 0.25) is 0 Å². The van der Waals surface area contributed by atoms with Gasteiger partial charge in [-0.1, -0.05) is 0 Å². The monoisotopic (exact) mass is 232 g/mol. The Kier molecular flexibility index (Phi) is 7.29. The van der Waals surface area contributed by atoms with E-state index < -0.39 is 5.91 Å². The molecule has 0 saturated carbocycles. The molecule has 0 aromatic carbocycles. The van der Waals surface area contributed by atoms with Crippen LogP contribution in [0.4, 0.5) is 0 Å². The molecule has 0 bridgehead atoms. The predicted octanol–water partition coefficient (Wildman–Crippen LogP) is 0.282. The Bertz CT molecular complexity index is 207. The van der Waals surface area contributed by atoms with Gasteiger partial charge in [0.15, 0.2) is 0 Å². The van der Waals surface area contributed by atoms with Crippen molar-refractivity contribution in [3.63, 3.8) is 0 Å². The van der Waals surface area contributed by atoms with Gasteiger partial charge in [0.05, 0.1) is 12.2 Å². The molecule has 0 aliphatic heterocycles. The third-order valence-electron chi connectivity index (χ3n) is 2.33. The number of hydrogen-bond donors (Lipinski definition) is 2. The molecular weight excluding hydrogens is 208 g/mol. The first-order valence-corrected chi connectivity index (χ1v) is 5.52. The summed E-state index contributed by atoms with van der Waals surface area (Å²) in [5.74, 6) is -0.437. The minimum Gasteiger partial charge on any atom is -0.379 e. The maximum absolute atomic E-state index is 10.4. The number of rotatable bonds is 9. The van der Waals surface area contributed by atoms with E-state index in [0.29, 0.717) is 19.2 Å². The summed E-state index contributed by atoms with van der Waals surface area (Å²) in [6.45, 7) is 7.37. The van der Waals surface area contributed by atoms with Gasteiger partial charge < -0.3 is 20.5 Å². The van der Waals surface area contributed by atoms with E-state index in [-0.39, 0.29) is 12.2 Å². The standard InChI is InChI=1S/C11H24N2O3/c1-9(7-11(2,3)15-4)13-5-6-16-8-10(12)14/h9,13H,5-8H2,1-4H3,(H2,12,14). The fraction of sp³-hybridized carbons (Fsp3) is 0.909. The van der Waals surface area contributed by atoms with Crippen molar-refractivity contribution in [3.05, 3.63) is 0 Å². The molecule has 0 fully saturated rings. The molecule has 3 N–H and O–H groups in total. The van der Waals surface area contributed by atoms with Crippen molar-refractivity contribution in [2.24, 2.45) is 5.73 Å². The average Bonchev–Trinajstić information content (AvgIpc) is 2.16. The second-order valence-corrected chi connectivity index (χ2v) is 4.54. The Balaban J connectivity index is 3.51. The second kappa shape index (κ2) is 7.60. The lowest BCUT2D eigenvalue weighted by atomic mass is 10.00. The van der Waals surface area contributed by atoms with Gasteiger partial charge in [0.1, 0.15) is 6.61 Å². The number of primary amides is 1. The van der Waals surface area contributed by atoms with Gasteiger partial charge in [-0.2, -0.15) is 0 Å². The van der Waals surface area contributed by atoms with Crippen LogP contribution in [0.25, 0.3) is 0 Å². The number of amides is 1. The zero-order valence-corrected chi connectivity index (χ0v) is 10.7. The first-order chi connectivity index (χ1) is 7.37. The second-order valence-electron chi connectivity index (χ2n) is 4.54. The maximum atomic E-state index is 10.4. The summed E-state index contributed by atoms with van der Waals surface area (Å²) in [6.07, 6.45) is 0.916. The number of hydrogen-bond acceptors (Lipinski definition) is 4. The highest BCUT2D eigenvalue weighted by atomic mass is 16.5.